The summed E-state index contributed by atoms with van der Waals surface area (Å²) in [6.07, 6.45) is 11.6. The number of para-hydroxylation sites is 1. The van der Waals surface area contributed by atoms with E-state index in [0.717, 1.165) is 36.7 Å². The van der Waals surface area contributed by atoms with Crippen molar-refractivity contribution in [2.24, 2.45) is 11.8 Å². The lowest BCUT2D eigenvalue weighted by atomic mass is 9.67. The van der Waals surface area contributed by atoms with E-state index in [9.17, 15) is 8.42 Å². The zero-order chi connectivity index (χ0) is 21.6. The average molecular weight is 435 g/mol. The molecule has 3 rings (SSSR count). The number of hydrogen-bond acceptors (Lipinski definition) is 3. The molecular weight excluding hydrogens is 392 g/mol. The van der Waals surface area contributed by atoms with Crippen LogP contribution in [0.4, 0.5) is 5.69 Å². The molecule has 1 heterocycles. The summed E-state index contributed by atoms with van der Waals surface area (Å²) >= 11 is 0. The molecule has 0 amide bonds. The maximum atomic E-state index is 12.4. The van der Waals surface area contributed by atoms with Crippen LogP contribution in [0.25, 0.3) is 0 Å². The number of hydrogen-bond donors (Lipinski definition) is 1. The fourth-order valence-electron chi connectivity index (χ4n) is 5.56. The summed E-state index contributed by atoms with van der Waals surface area (Å²) in [4.78, 5) is 2.64. The summed E-state index contributed by atoms with van der Waals surface area (Å²) in [5, 5.41) is 0. The molecule has 0 spiro atoms. The molecule has 1 aliphatic heterocycles. The van der Waals surface area contributed by atoms with Crippen LogP contribution in [0.2, 0.25) is 0 Å². The van der Waals surface area contributed by atoms with Crippen LogP contribution in [0.1, 0.15) is 84.1 Å². The number of nitrogens with one attached hydrogen (secondary N) is 1. The molecule has 0 radical (unpaired) electrons. The highest BCUT2D eigenvalue weighted by atomic mass is 32.2. The predicted octanol–water partition coefficient (Wildman–Crippen LogP) is 5.80. The number of benzene rings is 1. The van der Waals surface area contributed by atoms with Crippen LogP contribution in [0.5, 0.6) is 0 Å². The minimum absolute atomic E-state index is 0.00873. The first-order valence-electron chi connectivity index (χ1n) is 12.2. The molecule has 2 unspecified atom stereocenters. The molecule has 1 saturated carbocycles. The van der Waals surface area contributed by atoms with E-state index in [1.54, 1.807) is 0 Å². The van der Waals surface area contributed by atoms with Crippen molar-refractivity contribution in [3.63, 3.8) is 0 Å². The SMILES string of the molecule is CCCS(=O)(=O)Nc1ccccc1C1(C)CCN(CCCC2CCCCC2)CC1C. The lowest BCUT2D eigenvalue weighted by Gasteiger charge is -2.46. The van der Waals surface area contributed by atoms with Crippen molar-refractivity contribution in [3.05, 3.63) is 29.8 Å². The maximum Gasteiger partial charge on any atom is 0.232 e. The third kappa shape index (κ3) is 6.00. The first kappa shape index (κ1) is 23.6. The molecular formula is C25H42N2O2S. The van der Waals surface area contributed by atoms with Gasteiger partial charge in [-0.05, 0) is 67.7 Å². The van der Waals surface area contributed by atoms with Gasteiger partial charge in [-0.15, -0.1) is 0 Å². The van der Waals surface area contributed by atoms with Gasteiger partial charge in [-0.1, -0.05) is 71.1 Å². The Morgan fingerprint density at radius 3 is 2.60 bits per heavy atom. The fourth-order valence-corrected chi connectivity index (χ4v) is 6.71. The van der Waals surface area contributed by atoms with Crippen molar-refractivity contribution in [3.8, 4) is 0 Å². The van der Waals surface area contributed by atoms with Gasteiger partial charge in [0.1, 0.15) is 0 Å². The predicted molar refractivity (Wildman–Crippen MR) is 128 cm³/mol. The molecule has 30 heavy (non-hydrogen) atoms. The van der Waals surface area contributed by atoms with Crippen LogP contribution in [0.3, 0.4) is 0 Å². The van der Waals surface area contributed by atoms with Crippen molar-refractivity contribution < 1.29 is 8.42 Å². The van der Waals surface area contributed by atoms with Gasteiger partial charge in [0.2, 0.25) is 10.0 Å². The topological polar surface area (TPSA) is 49.4 Å². The zero-order valence-electron chi connectivity index (χ0n) is 19.3. The highest BCUT2D eigenvalue weighted by Gasteiger charge is 2.39. The van der Waals surface area contributed by atoms with Gasteiger partial charge in [0, 0.05) is 6.54 Å². The molecule has 2 aliphatic rings. The zero-order valence-corrected chi connectivity index (χ0v) is 20.1. The standard InChI is InChI=1S/C25H42N2O2S/c1-4-19-30(28,29)26-24-15-9-8-14-23(24)25(3)16-18-27(20-21(25)2)17-10-13-22-11-6-5-7-12-22/h8-9,14-15,21-22,26H,4-7,10-13,16-20H2,1-3H3. The first-order valence-corrected chi connectivity index (χ1v) is 13.8. The van der Waals surface area contributed by atoms with Crippen LogP contribution in [0, 0.1) is 11.8 Å². The quantitative estimate of drug-likeness (QED) is 0.534. The van der Waals surface area contributed by atoms with E-state index >= 15 is 0 Å². The Labute approximate surface area is 184 Å². The first-order chi connectivity index (χ1) is 14.3. The van der Waals surface area contributed by atoms with E-state index in [4.69, 9.17) is 0 Å². The smallest absolute Gasteiger partial charge is 0.232 e. The van der Waals surface area contributed by atoms with Gasteiger partial charge >= 0.3 is 0 Å². The minimum Gasteiger partial charge on any atom is -0.303 e. The highest BCUT2D eigenvalue weighted by molar-refractivity contribution is 7.92. The normalized spacial score (nSPS) is 26.6. The Bertz CT molecular complexity index is 773. The van der Waals surface area contributed by atoms with Gasteiger partial charge < -0.3 is 4.90 Å². The van der Waals surface area contributed by atoms with Crippen LogP contribution in [-0.4, -0.2) is 38.7 Å². The number of piperidine rings is 1. The lowest BCUT2D eigenvalue weighted by molar-refractivity contribution is 0.108. The van der Waals surface area contributed by atoms with Crippen molar-refractivity contribution >= 4 is 15.7 Å². The second kappa shape index (κ2) is 10.5. The number of anilines is 1. The second-order valence-corrected chi connectivity index (χ2v) is 11.8. The Hall–Kier alpha value is -1.07. The summed E-state index contributed by atoms with van der Waals surface area (Å²) < 4.78 is 27.7. The van der Waals surface area contributed by atoms with E-state index in [1.807, 2.05) is 25.1 Å². The van der Waals surface area contributed by atoms with Crippen molar-refractivity contribution in [1.82, 2.24) is 4.90 Å². The van der Waals surface area contributed by atoms with Crippen molar-refractivity contribution in [2.75, 3.05) is 30.1 Å². The molecule has 1 aliphatic carbocycles. The van der Waals surface area contributed by atoms with Gasteiger partial charge in [-0.25, -0.2) is 8.42 Å². The van der Waals surface area contributed by atoms with E-state index in [-0.39, 0.29) is 11.2 Å². The van der Waals surface area contributed by atoms with Crippen LogP contribution in [0.15, 0.2) is 24.3 Å². The third-order valence-corrected chi connectivity index (χ3v) is 9.14. The van der Waals surface area contributed by atoms with E-state index in [1.165, 1.54) is 51.5 Å². The number of likely N-dealkylation sites (tertiary alicyclic amines) is 1. The summed E-state index contributed by atoms with van der Waals surface area (Å²) in [6, 6.07) is 8.03. The highest BCUT2D eigenvalue weighted by Crippen LogP contribution is 2.42. The second-order valence-electron chi connectivity index (χ2n) is 9.98. The van der Waals surface area contributed by atoms with Gasteiger partial charge in [0.05, 0.1) is 11.4 Å². The Kier molecular flexibility index (Phi) is 8.25. The number of sulfonamides is 1. The minimum atomic E-state index is -3.28. The van der Waals surface area contributed by atoms with Gasteiger partial charge in [0.25, 0.3) is 0 Å². The third-order valence-electron chi connectivity index (χ3n) is 7.66. The van der Waals surface area contributed by atoms with Crippen LogP contribution < -0.4 is 4.72 Å². The average Bonchev–Trinajstić information content (AvgIpc) is 2.71. The molecule has 2 fully saturated rings. The fraction of sp³-hybridized carbons (Fsp3) is 0.760. The molecule has 4 nitrogen and oxygen atoms in total. The Balaban J connectivity index is 1.61. The van der Waals surface area contributed by atoms with Gasteiger partial charge in [0.15, 0.2) is 0 Å². The molecule has 170 valence electrons. The van der Waals surface area contributed by atoms with E-state index < -0.39 is 10.0 Å². The summed E-state index contributed by atoms with van der Waals surface area (Å²) in [6.45, 7) is 9.97. The Morgan fingerprint density at radius 1 is 1.17 bits per heavy atom. The summed E-state index contributed by atoms with van der Waals surface area (Å²) in [7, 11) is -3.28. The molecule has 1 aromatic carbocycles. The Morgan fingerprint density at radius 2 is 1.90 bits per heavy atom. The van der Waals surface area contributed by atoms with Crippen LogP contribution >= 0.6 is 0 Å². The molecule has 5 heteroatoms. The lowest BCUT2D eigenvalue weighted by Crippen LogP contribution is -2.47. The van der Waals surface area contributed by atoms with Crippen molar-refractivity contribution in [2.45, 2.75) is 84.0 Å². The molecule has 2 atom stereocenters. The van der Waals surface area contributed by atoms with Gasteiger partial charge in [-0.3, -0.25) is 4.72 Å². The van der Waals surface area contributed by atoms with Crippen LogP contribution in [-0.2, 0) is 15.4 Å². The summed E-state index contributed by atoms with van der Waals surface area (Å²) in [5.41, 5.74) is 1.91. The summed E-state index contributed by atoms with van der Waals surface area (Å²) in [5.74, 6) is 1.62. The number of nitrogens with zero attached hydrogens (tertiary/aromatic N) is 1. The van der Waals surface area contributed by atoms with Gasteiger partial charge in [-0.2, -0.15) is 0 Å². The maximum absolute atomic E-state index is 12.4. The number of rotatable bonds is 9. The largest absolute Gasteiger partial charge is 0.303 e. The van der Waals surface area contributed by atoms with Crippen molar-refractivity contribution in [1.29, 1.82) is 0 Å². The molecule has 1 N–H and O–H groups in total. The molecule has 0 bridgehead atoms. The van der Waals surface area contributed by atoms with E-state index in [2.05, 4.69) is 29.5 Å². The molecule has 0 aromatic heterocycles. The monoisotopic (exact) mass is 434 g/mol. The molecule has 1 saturated heterocycles. The van der Waals surface area contributed by atoms with E-state index in [0.29, 0.717) is 12.3 Å². The molecule has 1 aromatic rings.